The minimum atomic E-state index is -3.81. The van der Waals surface area contributed by atoms with Gasteiger partial charge in [0.1, 0.15) is 16.2 Å². The van der Waals surface area contributed by atoms with E-state index in [9.17, 15) is 27.4 Å². The molecule has 0 fully saturated rings. The summed E-state index contributed by atoms with van der Waals surface area (Å²) in [5, 5.41) is 14.1. The summed E-state index contributed by atoms with van der Waals surface area (Å²) in [6.45, 7) is 5.98. The van der Waals surface area contributed by atoms with E-state index in [0.29, 0.717) is 23.5 Å². The summed E-state index contributed by atoms with van der Waals surface area (Å²) in [6, 6.07) is 11.3. The number of ketones is 1. The average molecular weight is 544 g/mol. The number of nitrogens with one attached hydrogen (secondary N) is 2. The third-order valence-electron chi connectivity index (χ3n) is 6.25. The van der Waals surface area contributed by atoms with E-state index in [2.05, 4.69) is 28.3 Å². The number of rotatable bonds is 6. The maximum atomic E-state index is 13.9. The van der Waals surface area contributed by atoms with Crippen LogP contribution in [0, 0.1) is 5.92 Å². The van der Waals surface area contributed by atoms with Crippen LogP contribution in [0.25, 0.3) is 5.76 Å². The third kappa shape index (κ3) is 5.38. The summed E-state index contributed by atoms with van der Waals surface area (Å²) >= 11 is 0. The number of carbonyl (C=O) groups excluding carboxylic acids is 1. The normalized spacial score (nSPS) is 21.5. The topological polar surface area (TPSA) is 148 Å². The molecule has 0 radical (unpaired) electrons. The van der Waals surface area contributed by atoms with E-state index in [0.717, 1.165) is 12.7 Å². The molecule has 5 N–H and O–H groups in total. The number of Topliss-reactive ketones (excluding diaryl/α,β-unsaturated/α-hetero) is 1. The fraction of sp³-hybridized carbons (Fsp3) is 0.333. The van der Waals surface area contributed by atoms with Crippen molar-refractivity contribution < 1.29 is 27.4 Å². The summed E-state index contributed by atoms with van der Waals surface area (Å²) in [7, 11) is -7.39. The quantitative estimate of drug-likeness (QED) is 0.337. The van der Waals surface area contributed by atoms with Gasteiger partial charge in [-0.3, -0.25) is 18.6 Å². The van der Waals surface area contributed by atoms with Gasteiger partial charge < -0.3 is 10.4 Å². The number of anilines is 2. The van der Waals surface area contributed by atoms with E-state index >= 15 is 0 Å². The van der Waals surface area contributed by atoms with Gasteiger partial charge in [-0.2, -0.15) is 0 Å². The Morgan fingerprint density at radius 3 is 2.47 bits per heavy atom. The van der Waals surface area contributed by atoms with Gasteiger partial charge in [-0.25, -0.2) is 8.42 Å². The number of aliphatic hydroxyl groups excluding tert-OH is 1. The summed E-state index contributed by atoms with van der Waals surface area (Å²) in [5.74, 6) is -0.440. The predicted molar refractivity (Wildman–Crippen MR) is 147 cm³/mol. The van der Waals surface area contributed by atoms with Crippen LogP contribution in [0.15, 0.2) is 57.3 Å². The average Bonchev–Trinajstić information content (AvgIpc) is 2.76. The van der Waals surface area contributed by atoms with Crippen LogP contribution in [0.2, 0.25) is 0 Å². The molecular formula is C24H30N3NaO6S2. The fourth-order valence-electron chi connectivity index (χ4n) is 4.42. The molecule has 36 heavy (non-hydrogen) atoms. The van der Waals surface area contributed by atoms with Crippen LogP contribution in [0.3, 0.4) is 0 Å². The van der Waals surface area contributed by atoms with Gasteiger partial charge in [0.15, 0.2) is 11.6 Å². The number of sulfonamides is 1. The zero-order chi connectivity index (χ0) is 25.8. The molecule has 2 aromatic rings. The van der Waals surface area contributed by atoms with Crippen LogP contribution < -0.4 is 10.0 Å². The number of amidine groups is 1. The van der Waals surface area contributed by atoms with Crippen molar-refractivity contribution in [2.75, 3.05) is 16.3 Å². The van der Waals surface area contributed by atoms with Crippen molar-refractivity contribution in [1.82, 2.24) is 0 Å². The monoisotopic (exact) mass is 543 g/mol. The molecule has 0 saturated heterocycles. The minimum absolute atomic E-state index is 0. The van der Waals surface area contributed by atoms with E-state index in [1.54, 1.807) is 12.1 Å². The van der Waals surface area contributed by atoms with Crippen molar-refractivity contribution in [1.29, 1.82) is 0 Å². The van der Waals surface area contributed by atoms with Gasteiger partial charge in [0.25, 0.3) is 0 Å². The summed E-state index contributed by atoms with van der Waals surface area (Å²) in [6.07, 6.45) is 2.30. The Labute approximate surface area is 234 Å². The first-order valence-electron chi connectivity index (χ1n) is 11.1. The van der Waals surface area contributed by atoms with Gasteiger partial charge in [-0.05, 0) is 49.4 Å². The van der Waals surface area contributed by atoms with Gasteiger partial charge in [-0.15, -0.1) is 4.40 Å². The van der Waals surface area contributed by atoms with Crippen LogP contribution in [0.1, 0.15) is 44.7 Å². The summed E-state index contributed by atoms with van der Waals surface area (Å²) in [4.78, 5) is 13.9. The zero-order valence-electron chi connectivity index (χ0n) is 19.9. The second kappa shape index (κ2) is 10.1. The zero-order valence-corrected chi connectivity index (χ0v) is 21.5. The molecular weight excluding hydrogens is 513 g/mol. The third-order valence-corrected chi connectivity index (χ3v) is 8.22. The number of carbonyl (C=O) groups is 1. The summed E-state index contributed by atoms with van der Waals surface area (Å²) < 4.78 is 51.2. The van der Waals surface area contributed by atoms with Crippen LogP contribution >= 0.6 is 10.8 Å². The molecule has 1 unspecified atom stereocenters. The van der Waals surface area contributed by atoms with Crippen LogP contribution in [0.5, 0.6) is 0 Å². The SMILES string of the molecule is CC(C)CCC1(C)C(=O)C(C2=NS(O)(O)c3cc(NS(C)(=O)=O)ccc3N2)=C(O)c2ccccc21.[NaH]. The number of aliphatic hydroxyl groups is 1. The molecule has 1 atom stereocenters. The van der Waals surface area contributed by atoms with E-state index in [-0.39, 0.29) is 68.8 Å². The molecule has 0 bridgehead atoms. The number of hydrogen-bond acceptors (Lipinski definition) is 8. The molecule has 0 aromatic heterocycles. The first-order chi connectivity index (χ1) is 16.2. The fourth-order valence-corrected chi connectivity index (χ4v) is 6.17. The van der Waals surface area contributed by atoms with Crippen LogP contribution in [0.4, 0.5) is 11.4 Å². The Morgan fingerprint density at radius 2 is 1.83 bits per heavy atom. The molecule has 1 aliphatic carbocycles. The summed E-state index contributed by atoms with van der Waals surface area (Å²) in [5.41, 5.74) is 0.528. The molecule has 190 valence electrons. The molecule has 2 aromatic carbocycles. The molecule has 0 spiro atoms. The Morgan fingerprint density at radius 1 is 1.17 bits per heavy atom. The molecule has 1 aliphatic heterocycles. The second-order valence-corrected chi connectivity index (χ2v) is 12.9. The molecule has 2 aliphatic rings. The predicted octanol–water partition coefficient (Wildman–Crippen LogP) is 4.50. The van der Waals surface area contributed by atoms with Crippen molar-refractivity contribution in [2.24, 2.45) is 10.3 Å². The molecule has 1 heterocycles. The van der Waals surface area contributed by atoms with Crippen molar-refractivity contribution in [3.63, 3.8) is 0 Å². The van der Waals surface area contributed by atoms with Crippen LogP contribution in [-0.4, -0.2) is 70.1 Å². The van der Waals surface area contributed by atoms with E-state index in [4.69, 9.17) is 0 Å². The maximum absolute atomic E-state index is 13.9. The number of nitrogens with zero attached hydrogens (tertiary/aromatic N) is 1. The molecule has 9 nitrogen and oxygen atoms in total. The van der Waals surface area contributed by atoms with Gasteiger partial charge >= 0.3 is 29.6 Å². The Kier molecular flexibility index (Phi) is 8.08. The molecule has 0 amide bonds. The van der Waals surface area contributed by atoms with Gasteiger partial charge in [0.05, 0.1) is 23.0 Å². The van der Waals surface area contributed by atoms with Crippen molar-refractivity contribution in [2.45, 2.75) is 43.9 Å². The number of fused-ring (bicyclic) bond motifs is 2. The molecule has 12 heteroatoms. The van der Waals surface area contributed by atoms with Crippen LogP contribution in [-0.2, 0) is 20.2 Å². The number of hydrogen-bond donors (Lipinski definition) is 5. The van der Waals surface area contributed by atoms with Gasteiger partial charge in [-0.1, -0.05) is 48.9 Å². The van der Waals surface area contributed by atoms with Gasteiger partial charge in [0.2, 0.25) is 10.0 Å². The van der Waals surface area contributed by atoms with E-state index in [1.807, 2.05) is 19.1 Å². The second-order valence-electron chi connectivity index (χ2n) is 9.53. The molecule has 4 rings (SSSR count). The standard InChI is InChI=1S/C24H29N3O6S2.Na.H/c1-14(2)11-12-24(3)17-8-6-5-7-16(17)21(28)20(22(24)29)23-25-18-10-9-15(26-34(4,30)31)13-19(18)35(32,33)27-23;;/h5-10,13-14,26,28,32-33H,11-12H2,1-4H3,(H,25,27);;. The first kappa shape index (κ1) is 28.7. The first-order valence-corrected chi connectivity index (χ1v) is 14.5. The van der Waals surface area contributed by atoms with Gasteiger partial charge in [0, 0.05) is 5.56 Å². The van der Waals surface area contributed by atoms with Crippen molar-refractivity contribution in [3.05, 3.63) is 59.2 Å². The van der Waals surface area contributed by atoms with Crippen molar-refractivity contribution >= 4 is 79.1 Å². The Hall–Kier alpha value is -1.86. The Balaban J connectivity index is 0.00000361. The Bertz CT molecular complexity index is 1390. The number of benzene rings is 2. The molecule has 0 saturated carbocycles. The van der Waals surface area contributed by atoms with E-state index in [1.165, 1.54) is 18.2 Å². The van der Waals surface area contributed by atoms with Crippen molar-refractivity contribution in [3.8, 4) is 0 Å². The van der Waals surface area contributed by atoms with E-state index < -0.39 is 26.2 Å².